The molecule has 0 saturated carbocycles. The van der Waals surface area contributed by atoms with Crippen LogP contribution in [0.1, 0.15) is 16.7 Å². The second kappa shape index (κ2) is 6.13. The van der Waals surface area contributed by atoms with Crippen LogP contribution in [0.2, 0.25) is 0 Å². The van der Waals surface area contributed by atoms with E-state index in [0.717, 1.165) is 33.3 Å². The molecule has 26 heavy (non-hydrogen) atoms. The smallest absolute Gasteiger partial charge is 0.159 e. The highest BCUT2D eigenvalue weighted by molar-refractivity contribution is 6.11. The zero-order valence-corrected chi connectivity index (χ0v) is 14.9. The van der Waals surface area contributed by atoms with Gasteiger partial charge in [0.2, 0.25) is 0 Å². The second-order valence-corrected chi connectivity index (χ2v) is 6.64. The van der Waals surface area contributed by atoms with Gasteiger partial charge in [0.15, 0.2) is 11.6 Å². The van der Waals surface area contributed by atoms with Crippen LogP contribution in [0.3, 0.4) is 0 Å². The first-order chi connectivity index (χ1) is 12.5. The van der Waals surface area contributed by atoms with Crippen molar-refractivity contribution in [3.05, 3.63) is 76.9 Å². The number of fused-ring (bicyclic) bond motifs is 3. The van der Waals surface area contributed by atoms with Gasteiger partial charge in [-0.05, 0) is 60.9 Å². The molecule has 0 radical (unpaired) electrons. The van der Waals surface area contributed by atoms with Crippen molar-refractivity contribution in [1.82, 2.24) is 4.57 Å². The lowest BCUT2D eigenvalue weighted by molar-refractivity contribution is 0.415. The Labute approximate surface area is 150 Å². The molecule has 0 N–H and O–H groups in total. The third kappa shape index (κ3) is 2.53. The van der Waals surface area contributed by atoms with Gasteiger partial charge >= 0.3 is 0 Å². The van der Waals surface area contributed by atoms with Crippen LogP contribution in [0, 0.1) is 25.5 Å². The van der Waals surface area contributed by atoms with Gasteiger partial charge in [-0.25, -0.2) is 8.78 Å². The molecule has 0 fully saturated rings. The van der Waals surface area contributed by atoms with Crippen molar-refractivity contribution in [2.24, 2.45) is 0 Å². The minimum atomic E-state index is -0.826. The van der Waals surface area contributed by atoms with Crippen LogP contribution >= 0.6 is 0 Å². The predicted molar refractivity (Wildman–Crippen MR) is 101 cm³/mol. The number of hydrogen-bond donors (Lipinski definition) is 0. The Morgan fingerprint density at radius 3 is 2.38 bits per heavy atom. The number of aromatic nitrogens is 1. The molecule has 0 atom stereocenters. The second-order valence-electron chi connectivity index (χ2n) is 6.64. The maximum atomic E-state index is 13.7. The number of halogens is 2. The molecule has 3 aromatic carbocycles. The van der Waals surface area contributed by atoms with E-state index >= 15 is 0 Å². The molecule has 0 aliphatic heterocycles. The molecule has 4 rings (SSSR count). The zero-order chi connectivity index (χ0) is 18.4. The fraction of sp³-hybridized carbons (Fsp3) is 0.182. The summed E-state index contributed by atoms with van der Waals surface area (Å²) in [6.07, 6.45) is 0. The molecule has 1 aromatic heterocycles. The van der Waals surface area contributed by atoms with Gasteiger partial charge < -0.3 is 9.30 Å². The van der Waals surface area contributed by atoms with Crippen molar-refractivity contribution in [2.45, 2.75) is 20.4 Å². The Bertz CT molecular complexity index is 1140. The summed E-state index contributed by atoms with van der Waals surface area (Å²) in [5.74, 6) is -0.851. The largest absolute Gasteiger partial charge is 0.497 e. The fourth-order valence-corrected chi connectivity index (χ4v) is 3.67. The SMILES string of the molecule is COc1ccc2c(c1)c1c(C)ccc(C)c1n2Cc1ccc(F)c(F)c1. The van der Waals surface area contributed by atoms with Crippen LogP contribution in [0.5, 0.6) is 5.75 Å². The minimum absolute atomic E-state index is 0.466. The summed E-state index contributed by atoms with van der Waals surface area (Å²) in [6, 6.07) is 14.3. The molecule has 0 unspecified atom stereocenters. The van der Waals surface area contributed by atoms with Gasteiger partial charge in [0, 0.05) is 22.8 Å². The Kier molecular flexibility index (Phi) is 3.91. The first-order valence-corrected chi connectivity index (χ1v) is 8.49. The van der Waals surface area contributed by atoms with Gasteiger partial charge in [-0.15, -0.1) is 0 Å². The van der Waals surface area contributed by atoms with Crippen LogP contribution in [0.4, 0.5) is 8.78 Å². The predicted octanol–water partition coefficient (Wildman–Crippen LogP) is 5.75. The van der Waals surface area contributed by atoms with Gasteiger partial charge in [-0.1, -0.05) is 18.2 Å². The van der Waals surface area contributed by atoms with Gasteiger partial charge in [-0.3, -0.25) is 0 Å². The molecule has 1 heterocycles. The molecule has 0 bridgehead atoms. The molecule has 132 valence electrons. The van der Waals surface area contributed by atoms with Gasteiger partial charge in [0.25, 0.3) is 0 Å². The van der Waals surface area contributed by atoms with Crippen molar-refractivity contribution < 1.29 is 13.5 Å². The normalized spacial score (nSPS) is 11.4. The maximum Gasteiger partial charge on any atom is 0.159 e. The molecule has 4 heteroatoms. The molecular weight excluding hydrogens is 332 g/mol. The van der Waals surface area contributed by atoms with E-state index in [1.54, 1.807) is 13.2 Å². The summed E-state index contributed by atoms with van der Waals surface area (Å²) in [5, 5.41) is 2.27. The van der Waals surface area contributed by atoms with E-state index in [0.29, 0.717) is 6.54 Å². The Morgan fingerprint density at radius 2 is 1.65 bits per heavy atom. The van der Waals surface area contributed by atoms with E-state index in [1.165, 1.54) is 23.1 Å². The summed E-state index contributed by atoms with van der Waals surface area (Å²) >= 11 is 0. The average molecular weight is 351 g/mol. The summed E-state index contributed by atoms with van der Waals surface area (Å²) in [6.45, 7) is 4.62. The Morgan fingerprint density at radius 1 is 0.885 bits per heavy atom. The summed E-state index contributed by atoms with van der Waals surface area (Å²) in [5.41, 5.74) is 5.19. The third-order valence-corrected chi connectivity index (χ3v) is 4.95. The molecule has 4 aromatic rings. The first kappa shape index (κ1) is 16.6. The highest BCUT2D eigenvalue weighted by Crippen LogP contribution is 2.36. The number of benzene rings is 3. The Hall–Kier alpha value is -2.88. The van der Waals surface area contributed by atoms with Crippen molar-refractivity contribution in [1.29, 1.82) is 0 Å². The lowest BCUT2D eigenvalue weighted by Gasteiger charge is -2.10. The van der Waals surface area contributed by atoms with E-state index in [9.17, 15) is 8.78 Å². The van der Waals surface area contributed by atoms with E-state index in [1.807, 2.05) is 18.2 Å². The molecular formula is C22H19F2NO. The number of nitrogens with zero attached hydrogens (tertiary/aromatic N) is 1. The number of methoxy groups -OCH3 is 1. The minimum Gasteiger partial charge on any atom is -0.497 e. The lowest BCUT2D eigenvalue weighted by Crippen LogP contribution is -2.01. The van der Waals surface area contributed by atoms with Crippen molar-refractivity contribution >= 4 is 21.8 Å². The maximum absolute atomic E-state index is 13.7. The lowest BCUT2D eigenvalue weighted by atomic mass is 10.0. The fourth-order valence-electron chi connectivity index (χ4n) is 3.67. The zero-order valence-electron chi connectivity index (χ0n) is 14.9. The molecule has 2 nitrogen and oxygen atoms in total. The van der Waals surface area contributed by atoms with E-state index < -0.39 is 11.6 Å². The molecule has 0 aliphatic rings. The molecule has 0 spiro atoms. The summed E-state index contributed by atoms with van der Waals surface area (Å²) < 4.78 is 34.5. The average Bonchev–Trinajstić information content (AvgIpc) is 2.96. The van der Waals surface area contributed by atoms with Crippen LogP contribution in [0.15, 0.2) is 48.5 Å². The number of aryl methyl sites for hydroxylation is 2. The van der Waals surface area contributed by atoms with Crippen molar-refractivity contribution in [2.75, 3.05) is 7.11 Å². The van der Waals surface area contributed by atoms with Crippen molar-refractivity contribution in [3.8, 4) is 5.75 Å². The first-order valence-electron chi connectivity index (χ1n) is 8.49. The summed E-state index contributed by atoms with van der Waals surface area (Å²) in [4.78, 5) is 0. The summed E-state index contributed by atoms with van der Waals surface area (Å²) in [7, 11) is 1.65. The number of rotatable bonds is 3. The molecule has 0 aliphatic carbocycles. The highest BCUT2D eigenvalue weighted by Gasteiger charge is 2.16. The highest BCUT2D eigenvalue weighted by atomic mass is 19.2. The van der Waals surface area contributed by atoms with Gasteiger partial charge in [-0.2, -0.15) is 0 Å². The van der Waals surface area contributed by atoms with Gasteiger partial charge in [0.1, 0.15) is 5.75 Å². The third-order valence-electron chi connectivity index (χ3n) is 4.95. The van der Waals surface area contributed by atoms with E-state index in [4.69, 9.17) is 4.74 Å². The van der Waals surface area contributed by atoms with Crippen molar-refractivity contribution in [3.63, 3.8) is 0 Å². The quantitative estimate of drug-likeness (QED) is 0.459. The standard InChI is InChI=1S/C22H19F2NO/c1-13-4-5-14(2)22-21(13)17-11-16(26-3)7-9-20(17)25(22)12-15-6-8-18(23)19(24)10-15/h4-11H,12H2,1-3H3. The number of ether oxygens (including phenoxy) is 1. The molecule has 0 amide bonds. The van der Waals surface area contributed by atoms with Crippen LogP contribution in [0.25, 0.3) is 21.8 Å². The van der Waals surface area contributed by atoms with E-state index in [-0.39, 0.29) is 0 Å². The molecule has 0 saturated heterocycles. The van der Waals surface area contributed by atoms with Crippen LogP contribution in [-0.4, -0.2) is 11.7 Å². The van der Waals surface area contributed by atoms with Gasteiger partial charge in [0.05, 0.1) is 12.6 Å². The number of hydrogen-bond acceptors (Lipinski definition) is 1. The van der Waals surface area contributed by atoms with E-state index in [2.05, 4.69) is 30.5 Å². The topological polar surface area (TPSA) is 14.2 Å². The monoisotopic (exact) mass is 351 g/mol. The Balaban J connectivity index is 2.02. The van der Waals surface area contributed by atoms with Crippen LogP contribution in [-0.2, 0) is 6.54 Å². The van der Waals surface area contributed by atoms with Crippen LogP contribution < -0.4 is 4.74 Å².